The van der Waals surface area contributed by atoms with Crippen LogP contribution in [0, 0.1) is 5.82 Å². The zero-order valence-corrected chi connectivity index (χ0v) is 16.9. The number of methoxy groups -OCH3 is 1. The number of hydrogen-bond donors (Lipinski definition) is 1. The van der Waals surface area contributed by atoms with E-state index in [4.69, 9.17) is 4.74 Å². The van der Waals surface area contributed by atoms with Crippen LogP contribution < -0.4 is 15.1 Å². The number of pyridine rings is 1. The van der Waals surface area contributed by atoms with Gasteiger partial charge in [-0.25, -0.2) is 4.39 Å². The second kappa shape index (κ2) is 6.48. The van der Waals surface area contributed by atoms with Crippen LogP contribution in [0.2, 0.25) is 0 Å². The number of benzene rings is 1. The van der Waals surface area contributed by atoms with Gasteiger partial charge in [-0.15, -0.1) is 11.3 Å². The SMILES string of the molecule is CCN(C)c1c(F)cc2c(=O)c3c(O)c(C(C)=O)sc3n(C3CC3)c2c1OC. The van der Waals surface area contributed by atoms with Gasteiger partial charge in [-0.2, -0.15) is 0 Å². The van der Waals surface area contributed by atoms with E-state index in [0.29, 0.717) is 28.3 Å². The molecule has 2 aromatic heterocycles. The van der Waals surface area contributed by atoms with Crippen molar-refractivity contribution in [1.82, 2.24) is 4.57 Å². The lowest BCUT2D eigenvalue weighted by Crippen LogP contribution is -2.20. The van der Waals surface area contributed by atoms with Crippen molar-refractivity contribution in [3.63, 3.8) is 0 Å². The number of hydrogen-bond acceptors (Lipinski definition) is 6. The third kappa shape index (κ3) is 2.51. The highest BCUT2D eigenvalue weighted by Crippen LogP contribution is 2.48. The third-order valence-corrected chi connectivity index (χ3v) is 6.55. The Balaban J connectivity index is 2.28. The number of nitrogens with zero attached hydrogens (tertiary/aromatic N) is 2. The second-order valence-corrected chi connectivity index (χ2v) is 8.10. The van der Waals surface area contributed by atoms with Crippen molar-refractivity contribution in [2.45, 2.75) is 32.7 Å². The van der Waals surface area contributed by atoms with Gasteiger partial charge in [0.1, 0.15) is 20.8 Å². The standard InChI is InChI=1S/C20H21FN2O4S/c1-5-22(3)15-12(21)8-11-14(18(15)27-4)23(10-6-7-10)20-13(16(11)25)17(26)19(28-20)9(2)24/h8,10,26H,5-7H2,1-4H3. The predicted octanol–water partition coefficient (Wildman–Crippen LogP) is 4.06. The fourth-order valence-corrected chi connectivity index (χ4v) is 4.83. The lowest BCUT2D eigenvalue weighted by atomic mass is 10.1. The topological polar surface area (TPSA) is 71.8 Å². The van der Waals surface area contributed by atoms with Crippen LogP contribution >= 0.6 is 11.3 Å². The number of fused-ring (bicyclic) bond motifs is 2. The Kier molecular flexibility index (Phi) is 4.33. The van der Waals surface area contributed by atoms with E-state index < -0.39 is 11.2 Å². The molecule has 8 heteroatoms. The monoisotopic (exact) mass is 404 g/mol. The highest BCUT2D eigenvalue weighted by molar-refractivity contribution is 7.21. The van der Waals surface area contributed by atoms with Gasteiger partial charge in [0.25, 0.3) is 0 Å². The fourth-order valence-electron chi connectivity index (χ4n) is 3.67. The number of aromatic hydroxyl groups is 1. The summed E-state index contributed by atoms with van der Waals surface area (Å²) in [5.74, 6) is -0.895. The van der Waals surface area contributed by atoms with E-state index in [0.717, 1.165) is 24.2 Å². The molecule has 4 rings (SSSR count). The van der Waals surface area contributed by atoms with Gasteiger partial charge in [-0.3, -0.25) is 9.59 Å². The molecule has 1 aromatic carbocycles. The van der Waals surface area contributed by atoms with Crippen molar-refractivity contribution in [2.24, 2.45) is 0 Å². The van der Waals surface area contributed by atoms with Gasteiger partial charge >= 0.3 is 0 Å². The zero-order valence-electron chi connectivity index (χ0n) is 16.1. The third-order valence-electron chi connectivity index (χ3n) is 5.27. The maximum Gasteiger partial charge on any atom is 0.202 e. The minimum absolute atomic E-state index is 0.0765. The Labute approximate surface area is 164 Å². The molecule has 3 aromatic rings. The molecule has 1 aliphatic rings. The number of rotatable bonds is 5. The van der Waals surface area contributed by atoms with Crippen LogP contribution in [0.5, 0.6) is 11.5 Å². The highest BCUT2D eigenvalue weighted by atomic mass is 32.1. The van der Waals surface area contributed by atoms with Crippen LogP contribution in [0.3, 0.4) is 0 Å². The van der Waals surface area contributed by atoms with Crippen LogP contribution in [0.1, 0.15) is 42.4 Å². The highest BCUT2D eigenvalue weighted by Gasteiger charge is 2.33. The Hall–Kier alpha value is -2.61. The molecule has 6 nitrogen and oxygen atoms in total. The molecule has 0 bridgehead atoms. The van der Waals surface area contributed by atoms with Crippen molar-refractivity contribution in [1.29, 1.82) is 0 Å². The summed E-state index contributed by atoms with van der Waals surface area (Å²) in [6.45, 7) is 3.81. The van der Waals surface area contributed by atoms with E-state index in [-0.39, 0.29) is 33.2 Å². The first-order valence-corrected chi connectivity index (χ1v) is 9.95. The largest absolute Gasteiger partial charge is 0.505 e. The molecule has 1 fully saturated rings. The quantitative estimate of drug-likeness (QED) is 0.649. The van der Waals surface area contributed by atoms with Gasteiger partial charge in [0.15, 0.2) is 23.1 Å². The molecule has 1 N–H and O–H groups in total. The Bertz CT molecular complexity index is 1190. The summed E-state index contributed by atoms with van der Waals surface area (Å²) in [5.41, 5.74) is 0.305. The van der Waals surface area contributed by atoms with Crippen LogP contribution in [0.15, 0.2) is 10.9 Å². The summed E-state index contributed by atoms with van der Waals surface area (Å²) in [7, 11) is 3.22. The summed E-state index contributed by atoms with van der Waals surface area (Å²) in [6, 6.07) is 1.33. The Morgan fingerprint density at radius 2 is 2.14 bits per heavy atom. The first kappa shape index (κ1) is 18.7. The smallest absolute Gasteiger partial charge is 0.202 e. The maximum atomic E-state index is 15.0. The van der Waals surface area contributed by atoms with Crippen molar-refractivity contribution >= 4 is 43.9 Å². The lowest BCUT2D eigenvalue weighted by molar-refractivity contribution is 0.101. The molecule has 28 heavy (non-hydrogen) atoms. The van der Waals surface area contributed by atoms with Gasteiger partial charge in [0.2, 0.25) is 5.43 Å². The van der Waals surface area contributed by atoms with E-state index in [1.54, 1.807) is 11.9 Å². The van der Waals surface area contributed by atoms with E-state index in [1.165, 1.54) is 20.1 Å². The summed E-state index contributed by atoms with van der Waals surface area (Å²) in [4.78, 5) is 27.5. The molecule has 2 heterocycles. The molecule has 0 unspecified atom stereocenters. The van der Waals surface area contributed by atoms with E-state index >= 15 is 0 Å². The first-order chi connectivity index (χ1) is 13.3. The number of ketones is 1. The average Bonchev–Trinajstić information content (AvgIpc) is 3.43. The van der Waals surface area contributed by atoms with Gasteiger partial charge in [-0.1, -0.05) is 0 Å². The minimum Gasteiger partial charge on any atom is -0.505 e. The maximum absolute atomic E-state index is 15.0. The van der Waals surface area contributed by atoms with Gasteiger partial charge in [-0.05, 0) is 25.8 Å². The van der Waals surface area contributed by atoms with Crippen molar-refractivity contribution in [3.05, 3.63) is 27.0 Å². The van der Waals surface area contributed by atoms with Crippen LogP contribution in [0.25, 0.3) is 21.1 Å². The molecule has 0 amide bonds. The minimum atomic E-state index is -0.561. The van der Waals surface area contributed by atoms with Gasteiger partial charge in [0.05, 0.1) is 18.0 Å². The van der Waals surface area contributed by atoms with Gasteiger partial charge in [0, 0.05) is 26.6 Å². The Morgan fingerprint density at radius 1 is 1.46 bits per heavy atom. The number of carbonyl (C=O) groups is 1. The summed E-state index contributed by atoms with van der Waals surface area (Å²) in [6.07, 6.45) is 1.81. The molecule has 0 saturated heterocycles. The molecule has 0 spiro atoms. The van der Waals surface area contributed by atoms with E-state index in [9.17, 15) is 19.1 Å². The normalized spacial score (nSPS) is 14.0. The van der Waals surface area contributed by atoms with Crippen molar-refractivity contribution < 1.29 is 19.0 Å². The van der Waals surface area contributed by atoms with E-state index in [1.807, 2.05) is 11.5 Å². The molecule has 1 saturated carbocycles. The first-order valence-electron chi connectivity index (χ1n) is 9.13. The molecular weight excluding hydrogens is 383 g/mol. The van der Waals surface area contributed by atoms with Crippen LogP contribution in [0.4, 0.5) is 10.1 Å². The molecule has 1 aliphatic carbocycles. The number of halogens is 1. The fraction of sp³-hybridized carbons (Fsp3) is 0.400. The number of thiophene rings is 1. The van der Waals surface area contributed by atoms with Gasteiger partial charge < -0.3 is 19.3 Å². The van der Waals surface area contributed by atoms with Crippen LogP contribution in [-0.2, 0) is 0 Å². The summed E-state index contributed by atoms with van der Waals surface area (Å²) < 4.78 is 22.5. The van der Waals surface area contributed by atoms with Crippen molar-refractivity contribution in [3.8, 4) is 11.5 Å². The second-order valence-electron chi connectivity index (χ2n) is 7.10. The number of carbonyl (C=O) groups excluding carboxylic acids is 1. The van der Waals surface area contributed by atoms with E-state index in [2.05, 4.69) is 0 Å². The van der Waals surface area contributed by atoms with Crippen molar-refractivity contribution in [2.75, 3.05) is 25.6 Å². The average molecular weight is 404 g/mol. The molecule has 0 aliphatic heterocycles. The number of aromatic nitrogens is 1. The number of Topliss-reactive ketones (excluding diaryl/α,β-unsaturated/α-hetero) is 1. The summed E-state index contributed by atoms with van der Waals surface area (Å²) in [5, 5.41) is 10.8. The molecule has 0 atom stereocenters. The predicted molar refractivity (Wildman–Crippen MR) is 109 cm³/mol. The zero-order chi connectivity index (χ0) is 20.3. The molecule has 0 radical (unpaired) electrons. The summed E-state index contributed by atoms with van der Waals surface area (Å²) >= 11 is 1.10. The molecule has 148 valence electrons. The molecular formula is C20H21FN2O4S. The van der Waals surface area contributed by atoms with Crippen LogP contribution in [-0.4, -0.2) is 36.2 Å². The lowest BCUT2D eigenvalue weighted by Gasteiger charge is -2.23. The number of ether oxygens (including phenoxy) is 1. The number of anilines is 1. The Morgan fingerprint density at radius 3 is 2.68 bits per heavy atom.